The van der Waals surface area contributed by atoms with Crippen molar-refractivity contribution in [3.8, 4) is 5.75 Å². The van der Waals surface area contributed by atoms with Gasteiger partial charge in [-0.05, 0) is 49.2 Å². The lowest BCUT2D eigenvalue weighted by Crippen LogP contribution is -2.17. The molecule has 2 aromatic rings. The maximum atomic E-state index is 11.9. The van der Waals surface area contributed by atoms with Crippen molar-refractivity contribution >= 4 is 12.1 Å². The zero-order valence-electron chi connectivity index (χ0n) is 12.4. The molecule has 2 rings (SSSR count). The third-order valence-electron chi connectivity index (χ3n) is 3.15. The van der Waals surface area contributed by atoms with Gasteiger partial charge >= 0.3 is 0 Å². The highest BCUT2D eigenvalue weighted by atomic mass is 16.5. The third kappa shape index (κ3) is 3.92. The molecule has 4 nitrogen and oxygen atoms in total. The van der Waals surface area contributed by atoms with E-state index in [4.69, 9.17) is 4.74 Å². The number of amides is 1. The Bertz CT molecular complexity index is 661. The van der Waals surface area contributed by atoms with E-state index in [0.29, 0.717) is 11.3 Å². The number of aryl methyl sites for hydroxylation is 2. The number of hydrazone groups is 1. The van der Waals surface area contributed by atoms with Crippen LogP contribution in [-0.2, 0) is 0 Å². The molecule has 0 aliphatic rings. The molecular weight excluding hydrogens is 264 g/mol. The molecule has 4 heteroatoms. The summed E-state index contributed by atoms with van der Waals surface area (Å²) in [7, 11) is 1.59. The van der Waals surface area contributed by atoms with Gasteiger partial charge in [0.25, 0.3) is 5.91 Å². The highest BCUT2D eigenvalue weighted by Gasteiger charge is 2.03. The number of benzene rings is 2. The highest BCUT2D eigenvalue weighted by molar-refractivity contribution is 5.95. The van der Waals surface area contributed by atoms with Gasteiger partial charge in [0.05, 0.1) is 13.3 Å². The summed E-state index contributed by atoms with van der Waals surface area (Å²) in [4.78, 5) is 11.9. The highest BCUT2D eigenvalue weighted by Crippen LogP contribution is 2.11. The average molecular weight is 282 g/mol. The predicted octanol–water partition coefficient (Wildman–Crippen LogP) is 3.08. The van der Waals surface area contributed by atoms with Gasteiger partial charge in [0, 0.05) is 5.56 Å². The minimum Gasteiger partial charge on any atom is -0.497 e. The number of ether oxygens (including phenoxy) is 1. The molecule has 0 aliphatic heterocycles. The lowest BCUT2D eigenvalue weighted by atomic mass is 10.1. The van der Waals surface area contributed by atoms with Gasteiger partial charge < -0.3 is 4.74 Å². The molecule has 0 radical (unpaired) electrons. The van der Waals surface area contributed by atoms with Crippen molar-refractivity contribution < 1.29 is 9.53 Å². The van der Waals surface area contributed by atoms with Crippen LogP contribution < -0.4 is 10.2 Å². The van der Waals surface area contributed by atoms with E-state index in [2.05, 4.69) is 16.6 Å². The van der Waals surface area contributed by atoms with Gasteiger partial charge in [0.1, 0.15) is 5.75 Å². The van der Waals surface area contributed by atoms with Crippen LogP contribution in [0.25, 0.3) is 0 Å². The summed E-state index contributed by atoms with van der Waals surface area (Å²) in [6.07, 6.45) is 1.65. The van der Waals surface area contributed by atoms with E-state index in [0.717, 1.165) is 11.1 Å². The van der Waals surface area contributed by atoms with Crippen LogP contribution >= 0.6 is 0 Å². The van der Waals surface area contributed by atoms with Gasteiger partial charge in [-0.1, -0.05) is 23.8 Å². The van der Waals surface area contributed by atoms with Crippen LogP contribution in [0.3, 0.4) is 0 Å². The number of nitrogens with zero attached hydrogens (tertiary/aromatic N) is 1. The Morgan fingerprint density at radius 3 is 2.48 bits per heavy atom. The predicted molar refractivity (Wildman–Crippen MR) is 84.0 cm³/mol. The number of carbonyl (C=O) groups is 1. The molecule has 21 heavy (non-hydrogen) atoms. The fraction of sp³-hybridized carbons (Fsp3) is 0.176. The second-order valence-corrected chi connectivity index (χ2v) is 4.79. The van der Waals surface area contributed by atoms with E-state index in [1.807, 2.05) is 26.0 Å². The van der Waals surface area contributed by atoms with Crippen molar-refractivity contribution in [3.05, 3.63) is 64.7 Å². The summed E-state index contributed by atoms with van der Waals surface area (Å²) in [5.74, 6) is 0.462. The first-order valence-corrected chi connectivity index (χ1v) is 6.65. The molecule has 1 amide bonds. The molecule has 0 saturated heterocycles. The number of methoxy groups -OCH3 is 1. The molecule has 108 valence electrons. The summed E-state index contributed by atoms with van der Waals surface area (Å²) in [6.45, 7) is 4.05. The first kappa shape index (κ1) is 14.8. The summed E-state index contributed by atoms with van der Waals surface area (Å²) in [5.41, 5.74) is 6.36. The summed E-state index contributed by atoms with van der Waals surface area (Å²) in [6, 6.07) is 12.9. The van der Waals surface area contributed by atoms with Crippen LogP contribution in [0.4, 0.5) is 0 Å². The smallest absolute Gasteiger partial charge is 0.271 e. The van der Waals surface area contributed by atoms with Gasteiger partial charge in [0.2, 0.25) is 0 Å². The number of hydrogen-bond acceptors (Lipinski definition) is 3. The maximum Gasteiger partial charge on any atom is 0.271 e. The van der Waals surface area contributed by atoms with Crippen LogP contribution in [0.5, 0.6) is 5.75 Å². The van der Waals surface area contributed by atoms with Crippen molar-refractivity contribution in [3.63, 3.8) is 0 Å². The second kappa shape index (κ2) is 6.70. The summed E-state index contributed by atoms with van der Waals surface area (Å²) >= 11 is 0. The fourth-order valence-electron chi connectivity index (χ4n) is 1.94. The molecular formula is C17H18N2O2. The van der Waals surface area contributed by atoms with Crippen molar-refractivity contribution in [1.29, 1.82) is 0 Å². The maximum absolute atomic E-state index is 11.9. The molecule has 0 fully saturated rings. The van der Waals surface area contributed by atoms with Gasteiger partial charge in [-0.25, -0.2) is 5.43 Å². The van der Waals surface area contributed by atoms with Crippen LogP contribution in [-0.4, -0.2) is 19.2 Å². The Labute approximate surface area is 124 Å². The molecule has 0 heterocycles. The molecule has 0 spiro atoms. The van der Waals surface area contributed by atoms with E-state index in [1.165, 1.54) is 5.56 Å². The minimum absolute atomic E-state index is 0.251. The van der Waals surface area contributed by atoms with Crippen LogP contribution in [0, 0.1) is 13.8 Å². The first-order valence-electron chi connectivity index (χ1n) is 6.65. The lowest BCUT2D eigenvalue weighted by molar-refractivity contribution is 0.0955. The second-order valence-electron chi connectivity index (χ2n) is 4.79. The molecule has 1 N–H and O–H groups in total. The fourth-order valence-corrected chi connectivity index (χ4v) is 1.94. The third-order valence-corrected chi connectivity index (χ3v) is 3.15. The molecule has 0 unspecified atom stereocenters. The van der Waals surface area contributed by atoms with Gasteiger partial charge in [-0.3, -0.25) is 4.79 Å². The van der Waals surface area contributed by atoms with Gasteiger partial charge in [-0.15, -0.1) is 0 Å². The van der Waals surface area contributed by atoms with Crippen molar-refractivity contribution in [2.24, 2.45) is 5.10 Å². The Kier molecular flexibility index (Phi) is 4.72. The summed E-state index contributed by atoms with van der Waals surface area (Å²) in [5, 5.41) is 4.00. The van der Waals surface area contributed by atoms with Crippen LogP contribution in [0.2, 0.25) is 0 Å². The van der Waals surface area contributed by atoms with E-state index >= 15 is 0 Å². The van der Waals surface area contributed by atoms with E-state index < -0.39 is 0 Å². The number of carbonyl (C=O) groups excluding carboxylic acids is 1. The molecule has 0 aliphatic carbocycles. The molecule has 0 bridgehead atoms. The first-order chi connectivity index (χ1) is 10.1. The minimum atomic E-state index is -0.251. The number of hydrogen-bond donors (Lipinski definition) is 1. The number of rotatable bonds is 4. The molecule has 0 atom stereocenters. The monoisotopic (exact) mass is 282 g/mol. The van der Waals surface area contributed by atoms with E-state index in [1.54, 1.807) is 37.6 Å². The molecule has 2 aromatic carbocycles. The summed E-state index contributed by atoms with van der Waals surface area (Å²) < 4.78 is 5.05. The van der Waals surface area contributed by atoms with Crippen molar-refractivity contribution in [1.82, 2.24) is 5.43 Å². The zero-order chi connectivity index (χ0) is 15.2. The molecule has 0 saturated carbocycles. The average Bonchev–Trinajstić information content (AvgIpc) is 2.49. The zero-order valence-corrected chi connectivity index (χ0v) is 12.4. The van der Waals surface area contributed by atoms with Crippen LogP contribution in [0.1, 0.15) is 27.0 Å². The lowest BCUT2D eigenvalue weighted by Gasteiger charge is -2.03. The Morgan fingerprint density at radius 1 is 1.14 bits per heavy atom. The molecule has 0 aromatic heterocycles. The van der Waals surface area contributed by atoms with Gasteiger partial charge in [0.15, 0.2) is 0 Å². The van der Waals surface area contributed by atoms with E-state index in [-0.39, 0.29) is 5.91 Å². The Hall–Kier alpha value is -2.62. The van der Waals surface area contributed by atoms with Crippen LogP contribution in [0.15, 0.2) is 47.6 Å². The van der Waals surface area contributed by atoms with Gasteiger partial charge in [-0.2, -0.15) is 5.10 Å². The Balaban J connectivity index is 2.01. The quantitative estimate of drug-likeness (QED) is 0.692. The normalized spacial score (nSPS) is 10.6. The van der Waals surface area contributed by atoms with E-state index in [9.17, 15) is 4.79 Å². The standard InChI is InChI=1S/C17H18N2O2/c1-12-4-5-15(13(2)10-12)11-18-19-17(20)14-6-8-16(21-3)9-7-14/h4-11H,1-3H3,(H,19,20)/b18-11-. The van der Waals surface area contributed by atoms with Crippen molar-refractivity contribution in [2.75, 3.05) is 7.11 Å². The largest absolute Gasteiger partial charge is 0.497 e. The number of nitrogens with one attached hydrogen (secondary N) is 1. The Morgan fingerprint density at radius 2 is 1.86 bits per heavy atom. The topological polar surface area (TPSA) is 50.7 Å². The van der Waals surface area contributed by atoms with Crippen molar-refractivity contribution in [2.45, 2.75) is 13.8 Å². The SMILES string of the molecule is COc1ccc(C(=O)N/N=C\c2ccc(C)cc2C)cc1.